The average Bonchev–Trinajstić information content (AvgIpc) is 3.04. The zero-order valence-electron chi connectivity index (χ0n) is 19.2. The van der Waals surface area contributed by atoms with Crippen molar-refractivity contribution in [2.24, 2.45) is 14.1 Å². The van der Waals surface area contributed by atoms with Crippen molar-refractivity contribution in [1.82, 2.24) is 4.57 Å². The molecular weight excluding hydrogens is 446 g/mol. The third-order valence-electron chi connectivity index (χ3n) is 5.45. The van der Waals surface area contributed by atoms with E-state index in [0.717, 1.165) is 41.0 Å². The van der Waals surface area contributed by atoms with Crippen LogP contribution in [0.4, 0.5) is 5.69 Å². The molecule has 9 nitrogen and oxygen atoms in total. The number of aromatic nitrogens is 2. The number of fused-ring (bicyclic) bond motifs is 2. The maximum atomic E-state index is 12.8. The van der Waals surface area contributed by atoms with Crippen molar-refractivity contribution in [3.63, 3.8) is 0 Å². The summed E-state index contributed by atoms with van der Waals surface area (Å²) in [5.41, 5.74) is 4.09. The van der Waals surface area contributed by atoms with Gasteiger partial charge in [0.1, 0.15) is 5.58 Å². The lowest BCUT2D eigenvalue weighted by atomic mass is 10.1. The summed E-state index contributed by atoms with van der Waals surface area (Å²) in [4.78, 5) is 15.1. The molecule has 2 aromatic heterocycles. The van der Waals surface area contributed by atoms with Crippen LogP contribution in [0.2, 0.25) is 0 Å². The predicted octanol–water partition coefficient (Wildman–Crippen LogP) is 1.86. The zero-order chi connectivity index (χ0) is 24.3. The molecule has 2 aromatic carbocycles. The van der Waals surface area contributed by atoms with E-state index in [4.69, 9.17) is 9.67 Å². The molecule has 4 rings (SSSR count). The van der Waals surface area contributed by atoms with Crippen LogP contribution in [0.25, 0.3) is 33.4 Å². The Balaban J connectivity index is 0.000000454. The van der Waals surface area contributed by atoms with E-state index in [1.165, 1.54) is 0 Å². The molecule has 0 aliphatic heterocycles. The number of rotatable bonds is 5. The Morgan fingerprint density at radius 2 is 1.76 bits per heavy atom. The lowest BCUT2D eigenvalue weighted by molar-refractivity contribution is -0.634. The number of hydrogen-bond acceptors (Lipinski definition) is 7. The first kappa shape index (κ1) is 24.4. The molecule has 0 atom stereocenters. The Kier molecular flexibility index (Phi) is 7.21. The van der Waals surface area contributed by atoms with E-state index in [1.807, 2.05) is 53.6 Å². The second-order valence-electron chi connectivity index (χ2n) is 7.54. The summed E-state index contributed by atoms with van der Waals surface area (Å²) < 4.78 is 31.4. The number of para-hydroxylation sites is 2. The molecule has 0 unspecified atom stereocenters. The van der Waals surface area contributed by atoms with Crippen molar-refractivity contribution in [3.05, 3.63) is 59.0 Å². The van der Waals surface area contributed by atoms with Gasteiger partial charge in [-0.3, -0.25) is 0 Å². The van der Waals surface area contributed by atoms with Crippen LogP contribution in [-0.2, 0) is 28.5 Å². The van der Waals surface area contributed by atoms with E-state index in [2.05, 4.69) is 41.3 Å². The first-order valence-electron chi connectivity index (χ1n) is 10.4. The summed E-state index contributed by atoms with van der Waals surface area (Å²) in [5.74, 6) is 0.833. The number of benzene rings is 2. The van der Waals surface area contributed by atoms with E-state index in [9.17, 15) is 13.2 Å². The van der Waals surface area contributed by atoms with Crippen molar-refractivity contribution in [2.75, 3.05) is 24.2 Å². The van der Waals surface area contributed by atoms with Crippen LogP contribution in [0.15, 0.2) is 57.7 Å². The molecule has 0 bridgehead atoms. The third kappa shape index (κ3) is 5.08. The fourth-order valence-corrected chi connectivity index (χ4v) is 3.89. The maximum absolute atomic E-state index is 12.8. The minimum atomic E-state index is -3.72. The van der Waals surface area contributed by atoms with Crippen molar-refractivity contribution < 1.29 is 27.0 Å². The number of imidazole rings is 1. The van der Waals surface area contributed by atoms with Crippen LogP contribution in [0, 0.1) is 0 Å². The largest absolute Gasteiger partial charge is 0.707 e. The summed E-state index contributed by atoms with van der Waals surface area (Å²) in [5, 5.41) is 9.79. The van der Waals surface area contributed by atoms with Gasteiger partial charge < -0.3 is 18.9 Å². The van der Waals surface area contributed by atoms with Crippen molar-refractivity contribution >= 4 is 37.8 Å². The van der Waals surface area contributed by atoms with Gasteiger partial charge in [0.25, 0.3) is 15.9 Å². The molecule has 0 aliphatic rings. The molecular formula is C23H27N3O6S. The lowest BCUT2D eigenvalue weighted by Crippen LogP contribution is -2.31. The highest BCUT2D eigenvalue weighted by Gasteiger charge is 2.25. The number of anilines is 1. The van der Waals surface area contributed by atoms with Gasteiger partial charge in [-0.1, -0.05) is 12.1 Å². The van der Waals surface area contributed by atoms with Crippen molar-refractivity contribution in [1.29, 1.82) is 0 Å². The summed E-state index contributed by atoms with van der Waals surface area (Å²) in [6.45, 7) is 6.06. The summed E-state index contributed by atoms with van der Waals surface area (Å²) in [6, 6.07) is 16.1. The zero-order valence-corrected chi connectivity index (χ0v) is 20.0. The Bertz CT molecular complexity index is 1410. The van der Waals surface area contributed by atoms with Crippen LogP contribution >= 0.6 is 0 Å². The van der Waals surface area contributed by atoms with Crippen molar-refractivity contribution in [3.8, 4) is 11.4 Å². The predicted molar refractivity (Wildman–Crippen MR) is 125 cm³/mol. The molecule has 0 N–H and O–H groups in total. The molecule has 33 heavy (non-hydrogen) atoms. The minimum absolute atomic E-state index is 0.319. The molecule has 0 radical (unpaired) electrons. The van der Waals surface area contributed by atoms with Gasteiger partial charge in [-0.05, 0) is 44.2 Å². The molecule has 0 saturated heterocycles. The van der Waals surface area contributed by atoms with Gasteiger partial charge >= 0.3 is 5.63 Å². The van der Waals surface area contributed by atoms with E-state index >= 15 is 0 Å². The SMILES string of the molecule is CCN(CC)c1ccc2cc(-c3n(C)c4ccccc4[n+]3C)c(=O)oc2c1.CS(=O)(=O)O[O-]. The van der Waals surface area contributed by atoms with Crippen LogP contribution in [0.1, 0.15) is 13.8 Å². The normalized spacial score (nSPS) is 11.5. The first-order valence-corrected chi connectivity index (χ1v) is 12.2. The molecule has 0 saturated carbocycles. The molecule has 0 aliphatic carbocycles. The highest BCUT2D eigenvalue weighted by molar-refractivity contribution is 7.85. The van der Waals surface area contributed by atoms with E-state index in [-0.39, 0.29) is 5.63 Å². The standard InChI is InChI=1S/C22H24N3O2.CH4O4S/c1-5-25(6-2)16-12-11-15-13-17(22(26)27-20(15)14-16)21-23(3)18-9-7-8-10-19(18)24(21)4;1-6(3,4)5-2/h7-14H,5-6H2,1-4H3;2H,1H3/q+1;/p-1. The summed E-state index contributed by atoms with van der Waals surface area (Å²) in [6.07, 6.45) is 0.681. The summed E-state index contributed by atoms with van der Waals surface area (Å²) >= 11 is 0. The fourth-order valence-electron chi connectivity index (χ4n) is 3.89. The fraction of sp³-hybridized carbons (Fsp3) is 0.304. The number of nitrogens with zero attached hydrogens (tertiary/aromatic N) is 3. The average molecular weight is 474 g/mol. The van der Waals surface area contributed by atoms with Gasteiger partial charge in [0.2, 0.25) is 0 Å². The molecule has 2 heterocycles. The molecule has 0 amide bonds. The summed E-state index contributed by atoms with van der Waals surface area (Å²) in [7, 11) is 0.236. The van der Waals surface area contributed by atoms with Crippen LogP contribution in [0.5, 0.6) is 0 Å². The highest BCUT2D eigenvalue weighted by atomic mass is 32.2. The van der Waals surface area contributed by atoms with Crippen LogP contribution < -0.4 is 20.3 Å². The van der Waals surface area contributed by atoms with E-state index in [0.29, 0.717) is 17.4 Å². The van der Waals surface area contributed by atoms with Gasteiger partial charge in [-0.25, -0.2) is 22.3 Å². The van der Waals surface area contributed by atoms with E-state index < -0.39 is 10.1 Å². The van der Waals surface area contributed by atoms with Gasteiger partial charge in [-0.15, -0.1) is 0 Å². The van der Waals surface area contributed by atoms with Gasteiger partial charge in [0.15, 0.2) is 16.6 Å². The number of aryl methyl sites for hydroxylation is 2. The minimum Gasteiger partial charge on any atom is -0.707 e. The van der Waals surface area contributed by atoms with Crippen LogP contribution in [-0.4, -0.2) is 32.3 Å². The first-order chi connectivity index (χ1) is 15.6. The molecule has 0 fully saturated rings. The molecule has 4 aromatic rings. The number of hydrogen-bond donors (Lipinski definition) is 0. The van der Waals surface area contributed by atoms with Crippen LogP contribution in [0.3, 0.4) is 0 Å². The molecule has 0 spiro atoms. The monoisotopic (exact) mass is 473 g/mol. The molecule has 176 valence electrons. The quantitative estimate of drug-likeness (QED) is 0.188. The lowest BCUT2D eigenvalue weighted by Gasteiger charge is -2.20. The molecule has 10 heteroatoms. The van der Waals surface area contributed by atoms with Gasteiger partial charge in [0.05, 0.1) is 20.4 Å². The van der Waals surface area contributed by atoms with Gasteiger partial charge in [0, 0.05) is 30.2 Å². The van der Waals surface area contributed by atoms with Crippen molar-refractivity contribution in [2.45, 2.75) is 13.8 Å². The Morgan fingerprint density at radius 1 is 1.12 bits per heavy atom. The Morgan fingerprint density at radius 3 is 2.33 bits per heavy atom. The maximum Gasteiger partial charge on any atom is 0.351 e. The Hall–Kier alpha value is -3.21. The topological polar surface area (TPSA) is 109 Å². The highest BCUT2D eigenvalue weighted by Crippen LogP contribution is 2.25. The second kappa shape index (κ2) is 9.74. The Labute approximate surface area is 192 Å². The van der Waals surface area contributed by atoms with E-state index in [1.54, 1.807) is 0 Å². The second-order valence-corrected chi connectivity index (χ2v) is 9.09. The van der Waals surface area contributed by atoms with Gasteiger partial charge in [-0.2, -0.15) is 0 Å². The smallest absolute Gasteiger partial charge is 0.351 e. The third-order valence-corrected chi connectivity index (χ3v) is 5.70.